The van der Waals surface area contributed by atoms with Crippen LogP contribution in [0.3, 0.4) is 0 Å². The molecule has 0 saturated heterocycles. The molecule has 7 heteroatoms. The standard InChI is InChI=1S/C12H20N4O2S/c1-16(2)12(18)10-4-5-11(15-14-10)13-6-9-19-8-3-7-17/h4-5,17H,3,6-9H2,1-2H3,(H,13,15). The van der Waals surface area contributed by atoms with Gasteiger partial charge in [0.1, 0.15) is 5.82 Å². The Labute approximate surface area is 117 Å². The molecule has 0 aliphatic rings. The van der Waals surface area contributed by atoms with E-state index in [9.17, 15) is 4.79 Å². The largest absolute Gasteiger partial charge is 0.396 e. The van der Waals surface area contributed by atoms with Crippen LogP contribution in [0.5, 0.6) is 0 Å². The highest BCUT2D eigenvalue weighted by Crippen LogP contribution is 2.05. The van der Waals surface area contributed by atoms with Crippen LogP contribution in [0.25, 0.3) is 0 Å². The molecule has 1 aromatic rings. The van der Waals surface area contributed by atoms with Gasteiger partial charge in [-0.05, 0) is 24.3 Å². The van der Waals surface area contributed by atoms with Crippen molar-refractivity contribution in [2.75, 3.05) is 44.1 Å². The number of hydrogen-bond acceptors (Lipinski definition) is 6. The molecule has 0 unspecified atom stereocenters. The predicted molar refractivity (Wildman–Crippen MR) is 77.6 cm³/mol. The molecule has 0 radical (unpaired) electrons. The maximum Gasteiger partial charge on any atom is 0.273 e. The van der Waals surface area contributed by atoms with Gasteiger partial charge in [-0.2, -0.15) is 11.8 Å². The van der Waals surface area contributed by atoms with Crippen LogP contribution in [0, 0.1) is 0 Å². The summed E-state index contributed by atoms with van der Waals surface area (Å²) < 4.78 is 0. The number of nitrogens with one attached hydrogen (secondary N) is 1. The van der Waals surface area contributed by atoms with Crippen molar-refractivity contribution < 1.29 is 9.90 Å². The molecular formula is C12H20N4O2S. The Morgan fingerprint density at radius 2 is 2.16 bits per heavy atom. The van der Waals surface area contributed by atoms with Crippen LogP contribution in [0.2, 0.25) is 0 Å². The lowest BCUT2D eigenvalue weighted by atomic mass is 10.3. The molecule has 0 aliphatic heterocycles. The summed E-state index contributed by atoms with van der Waals surface area (Å²) in [7, 11) is 3.36. The lowest BCUT2D eigenvalue weighted by Gasteiger charge is -2.09. The van der Waals surface area contributed by atoms with Crippen molar-refractivity contribution in [3.05, 3.63) is 17.8 Å². The molecule has 0 atom stereocenters. The van der Waals surface area contributed by atoms with Crippen molar-refractivity contribution in [1.29, 1.82) is 0 Å². The zero-order chi connectivity index (χ0) is 14.1. The Morgan fingerprint density at radius 3 is 2.74 bits per heavy atom. The zero-order valence-corrected chi connectivity index (χ0v) is 12.1. The molecule has 0 saturated carbocycles. The number of thioether (sulfide) groups is 1. The molecule has 2 N–H and O–H groups in total. The summed E-state index contributed by atoms with van der Waals surface area (Å²) >= 11 is 1.78. The van der Waals surface area contributed by atoms with Crippen LogP contribution in [0.1, 0.15) is 16.9 Å². The van der Waals surface area contributed by atoms with Crippen molar-refractivity contribution in [2.45, 2.75) is 6.42 Å². The van der Waals surface area contributed by atoms with Crippen LogP contribution in [0.4, 0.5) is 5.82 Å². The van der Waals surface area contributed by atoms with Crippen LogP contribution < -0.4 is 5.32 Å². The van der Waals surface area contributed by atoms with E-state index in [-0.39, 0.29) is 12.5 Å². The van der Waals surface area contributed by atoms with Crippen molar-refractivity contribution in [3.63, 3.8) is 0 Å². The predicted octanol–water partition coefficient (Wildman–Crippen LogP) is 0.706. The molecule has 1 heterocycles. The summed E-state index contributed by atoms with van der Waals surface area (Å²) in [5.74, 6) is 2.41. The molecule has 0 aliphatic carbocycles. The van der Waals surface area contributed by atoms with Crippen molar-refractivity contribution in [1.82, 2.24) is 15.1 Å². The van der Waals surface area contributed by atoms with Crippen LogP contribution >= 0.6 is 11.8 Å². The highest BCUT2D eigenvalue weighted by molar-refractivity contribution is 7.99. The SMILES string of the molecule is CN(C)C(=O)c1ccc(NCCSCCCO)nn1. The van der Waals surface area contributed by atoms with Gasteiger partial charge >= 0.3 is 0 Å². The van der Waals surface area contributed by atoms with Gasteiger partial charge in [-0.1, -0.05) is 0 Å². The van der Waals surface area contributed by atoms with Gasteiger partial charge in [-0.25, -0.2) is 0 Å². The second kappa shape index (κ2) is 8.71. The number of amides is 1. The third-order valence-electron chi connectivity index (χ3n) is 2.29. The van der Waals surface area contributed by atoms with Gasteiger partial charge in [-0.3, -0.25) is 4.79 Å². The minimum absolute atomic E-state index is 0.154. The number of carbonyl (C=O) groups is 1. The molecule has 0 bridgehead atoms. The summed E-state index contributed by atoms with van der Waals surface area (Å²) in [6.07, 6.45) is 0.825. The van der Waals surface area contributed by atoms with Gasteiger partial charge in [0.05, 0.1) is 0 Å². The summed E-state index contributed by atoms with van der Waals surface area (Å²) in [6.45, 7) is 1.03. The Kier molecular flexibility index (Phi) is 7.20. The van der Waals surface area contributed by atoms with Crippen LogP contribution in [0.15, 0.2) is 12.1 Å². The number of hydrogen-bond donors (Lipinski definition) is 2. The van der Waals surface area contributed by atoms with Gasteiger partial charge in [0.2, 0.25) is 0 Å². The van der Waals surface area contributed by atoms with E-state index in [0.29, 0.717) is 11.5 Å². The lowest BCUT2D eigenvalue weighted by Crippen LogP contribution is -2.23. The van der Waals surface area contributed by atoms with Gasteiger partial charge in [0.15, 0.2) is 5.69 Å². The molecular weight excluding hydrogens is 264 g/mol. The van der Waals surface area contributed by atoms with Gasteiger partial charge in [0.25, 0.3) is 5.91 Å². The first-order valence-corrected chi connectivity index (χ1v) is 7.28. The van der Waals surface area contributed by atoms with E-state index in [1.165, 1.54) is 4.90 Å². The molecule has 0 fully saturated rings. The van der Waals surface area contributed by atoms with E-state index in [4.69, 9.17) is 5.11 Å². The first kappa shape index (κ1) is 15.7. The summed E-state index contributed by atoms with van der Waals surface area (Å²) in [6, 6.07) is 3.42. The minimum atomic E-state index is -0.154. The maximum absolute atomic E-state index is 11.6. The Balaban J connectivity index is 2.30. The van der Waals surface area contributed by atoms with Crippen molar-refractivity contribution in [2.24, 2.45) is 0 Å². The van der Waals surface area contributed by atoms with Crippen molar-refractivity contribution >= 4 is 23.5 Å². The summed E-state index contributed by atoms with van der Waals surface area (Å²) in [4.78, 5) is 13.1. The minimum Gasteiger partial charge on any atom is -0.396 e. The average Bonchev–Trinajstić information content (AvgIpc) is 2.42. The molecule has 1 rings (SSSR count). The number of aromatic nitrogens is 2. The van der Waals surface area contributed by atoms with E-state index in [1.807, 2.05) is 0 Å². The van der Waals surface area contributed by atoms with Crippen LogP contribution in [-0.4, -0.2) is 64.9 Å². The zero-order valence-electron chi connectivity index (χ0n) is 11.3. The fraction of sp³-hybridized carbons (Fsp3) is 0.583. The second-order valence-electron chi connectivity index (χ2n) is 4.12. The van der Waals surface area contributed by atoms with Gasteiger partial charge in [-0.15, -0.1) is 10.2 Å². The Morgan fingerprint density at radius 1 is 1.37 bits per heavy atom. The quantitative estimate of drug-likeness (QED) is 0.684. The van der Waals surface area contributed by atoms with E-state index in [1.54, 1.807) is 38.0 Å². The first-order valence-electron chi connectivity index (χ1n) is 6.13. The second-order valence-corrected chi connectivity index (χ2v) is 5.34. The molecule has 0 aromatic carbocycles. The first-order chi connectivity index (χ1) is 9.15. The Hall–Kier alpha value is -1.34. The number of rotatable bonds is 8. The normalized spacial score (nSPS) is 10.3. The molecule has 0 spiro atoms. The topological polar surface area (TPSA) is 78.4 Å². The monoisotopic (exact) mass is 284 g/mol. The fourth-order valence-electron chi connectivity index (χ4n) is 1.29. The molecule has 1 amide bonds. The highest BCUT2D eigenvalue weighted by atomic mass is 32.2. The fourth-order valence-corrected chi connectivity index (χ4v) is 2.07. The third kappa shape index (κ3) is 5.89. The molecule has 6 nitrogen and oxygen atoms in total. The van der Waals surface area contributed by atoms with E-state index in [0.717, 1.165) is 24.5 Å². The van der Waals surface area contributed by atoms with Crippen molar-refractivity contribution in [3.8, 4) is 0 Å². The van der Waals surface area contributed by atoms with Gasteiger partial charge < -0.3 is 15.3 Å². The lowest BCUT2D eigenvalue weighted by molar-refractivity contribution is 0.0821. The van der Waals surface area contributed by atoms with Gasteiger partial charge in [0, 0.05) is 33.0 Å². The smallest absolute Gasteiger partial charge is 0.273 e. The highest BCUT2D eigenvalue weighted by Gasteiger charge is 2.09. The number of aliphatic hydroxyl groups excluding tert-OH is 1. The number of aliphatic hydroxyl groups is 1. The third-order valence-corrected chi connectivity index (χ3v) is 3.36. The molecule has 1 aromatic heterocycles. The number of carbonyl (C=O) groups excluding carboxylic acids is 1. The molecule has 19 heavy (non-hydrogen) atoms. The van der Waals surface area contributed by atoms with Crippen LogP contribution in [-0.2, 0) is 0 Å². The summed E-state index contributed by atoms with van der Waals surface area (Å²) in [5.41, 5.74) is 0.341. The number of anilines is 1. The van der Waals surface area contributed by atoms with E-state index in [2.05, 4.69) is 15.5 Å². The van der Waals surface area contributed by atoms with E-state index < -0.39 is 0 Å². The summed E-state index contributed by atoms with van der Waals surface area (Å²) in [5, 5.41) is 19.6. The number of nitrogens with zero attached hydrogens (tertiary/aromatic N) is 3. The maximum atomic E-state index is 11.6. The molecule has 106 valence electrons. The van der Waals surface area contributed by atoms with E-state index >= 15 is 0 Å². The Bertz CT molecular complexity index is 384. The average molecular weight is 284 g/mol.